The van der Waals surface area contributed by atoms with E-state index in [-0.39, 0.29) is 31.9 Å². The maximum Gasteiger partial charge on any atom is 0.332 e. The second-order valence-corrected chi connectivity index (χ2v) is 8.36. The van der Waals surface area contributed by atoms with Crippen molar-refractivity contribution in [2.75, 3.05) is 26.7 Å². The lowest BCUT2D eigenvalue weighted by molar-refractivity contribution is -0.208. The van der Waals surface area contributed by atoms with E-state index in [4.69, 9.17) is 21.3 Å². The number of aliphatic carboxylic acids is 1. The Balaban J connectivity index is 2.80. The van der Waals surface area contributed by atoms with Crippen LogP contribution < -0.4 is 32.7 Å². The monoisotopic (exact) mass is 519 g/mol. The number of aliphatic hydroxyl groups is 3. The zero-order valence-corrected chi connectivity index (χ0v) is 20.2. The molecule has 12 N–H and O–H groups in total. The molecule has 36 heavy (non-hydrogen) atoms. The van der Waals surface area contributed by atoms with Crippen molar-refractivity contribution in [2.24, 2.45) is 16.5 Å². The Bertz CT molecular complexity index is 793. The summed E-state index contributed by atoms with van der Waals surface area (Å²) in [6.45, 7) is 1.13. The van der Waals surface area contributed by atoms with E-state index in [1.807, 2.05) is 0 Å². The molecule has 7 atom stereocenters. The Morgan fingerprint density at radius 3 is 2.39 bits per heavy atom. The van der Waals surface area contributed by atoms with Crippen LogP contribution in [0, 0.1) is 0 Å². The summed E-state index contributed by atoms with van der Waals surface area (Å²) >= 11 is 0. The summed E-state index contributed by atoms with van der Waals surface area (Å²) in [4.78, 5) is 52.0. The van der Waals surface area contributed by atoms with Crippen molar-refractivity contribution >= 4 is 29.7 Å². The lowest BCUT2D eigenvalue weighted by Gasteiger charge is -2.37. The number of carboxylic acids is 1. The molecule has 16 heteroatoms. The van der Waals surface area contributed by atoms with Gasteiger partial charge in [0.15, 0.2) is 12.1 Å². The first-order chi connectivity index (χ1) is 16.9. The largest absolute Gasteiger partial charge is 0.479 e. The molecule has 0 spiro atoms. The van der Waals surface area contributed by atoms with Gasteiger partial charge < -0.3 is 57.9 Å². The van der Waals surface area contributed by atoms with E-state index in [9.17, 15) is 34.5 Å². The predicted octanol–water partition coefficient (Wildman–Crippen LogP) is -5.31. The molecule has 1 saturated heterocycles. The Morgan fingerprint density at radius 2 is 1.81 bits per heavy atom. The van der Waals surface area contributed by atoms with Gasteiger partial charge in [0.25, 0.3) is 0 Å². The van der Waals surface area contributed by atoms with Crippen molar-refractivity contribution in [1.29, 1.82) is 0 Å². The number of likely N-dealkylation sites (N-methyl/N-ethyl adjacent to an activating group) is 1. The number of amides is 3. The summed E-state index contributed by atoms with van der Waals surface area (Å²) in [6.07, 6.45) is -7.48. The molecular formula is C20H37N7O9. The average molecular weight is 520 g/mol. The normalized spacial score (nSPS) is 24.0. The molecule has 1 heterocycles. The van der Waals surface area contributed by atoms with Crippen LogP contribution in [0.25, 0.3) is 0 Å². The van der Waals surface area contributed by atoms with E-state index in [2.05, 4.69) is 26.3 Å². The van der Waals surface area contributed by atoms with Crippen LogP contribution in [0.3, 0.4) is 0 Å². The van der Waals surface area contributed by atoms with Crippen molar-refractivity contribution in [3.63, 3.8) is 0 Å². The van der Waals surface area contributed by atoms with Crippen LogP contribution in [-0.4, -0.2) is 119 Å². The molecule has 0 aromatic carbocycles. The summed E-state index contributed by atoms with van der Waals surface area (Å²) in [5.74, 6) is -3.29. The number of rotatable bonds is 14. The van der Waals surface area contributed by atoms with E-state index >= 15 is 0 Å². The van der Waals surface area contributed by atoms with Crippen molar-refractivity contribution in [3.05, 3.63) is 0 Å². The van der Waals surface area contributed by atoms with Gasteiger partial charge in [0.05, 0.1) is 12.6 Å². The number of carbonyl (C=O) groups is 4. The quantitative estimate of drug-likeness (QED) is 0.0585. The van der Waals surface area contributed by atoms with E-state index in [0.29, 0.717) is 6.42 Å². The number of carbonyl (C=O) groups excluding carboxylic acids is 3. The van der Waals surface area contributed by atoms with Gasteiger partial charge >= 0.3 is 5.97 Å². The zero-order chi connectivity index (χ0) is 27.4. The maximum absolute atomic E-state index is 12.8. The first kappa shape index (κ1) is 31.0. The van der Waals surface area contributed by atoms with Gasteiger partial charge in [0.1, 0.15) is 30.4 Å². The highest BCUT2D eigenvalue weighted by Gasteiger charge is 2.43. The summed E-state index contributed by atoms with van der Waals surface area (Å²) in [7, 11) is 1.57. The summed E-state index contributed by atoms with van der Waals surface area (Å²) < 4.78 is 5.18. The molecule has 0 aromatic heterocycles. The summed E-state index contributed by atoms with van der Waals surface area (Å²) in [6, 6.07) is -2.05. The van der Waals surface area contributed by atoms with Crippen molar-refractivity contribution in [1.82, 2.24) is 21.3 Å². The third kappa shape index (κ3) is 10.3. The van der Waals surface area contributed by atoms with E-state index < -0.39 is 72.8 Å². The molecule has 16 nitrogen and oxygen atoms in total. The Kier molecular flexibility index (Phi) is 13.0. The fourth-order valence-corrected chi connectivity index (χ4v) is 3.41. The topological polar surface area (TPSA) is 271 Å². The number of hydrogen-bond donors (Lipinski definition) is 10. The SMILES string of the molecule is CNCC(=O)N[C@@H](C)C(=O)N[C@@H](CCCN=C(N)N)C(=O)NC[C@@H](O)[C@H]1O[C@H](C(=O)O)C[C@@H](O)[C@H]1O. The van der Waals surface area contributed by atoms with Crippen LogP contribution in [0.15, 0.2) is 4.99 Å². The molecule has 206 valence electrons. The number of guanidine groups is 1. The minimum atomic E-state index is -1.58. The molecule has 0 aliphatic carbocycles. The highest BCUT2D eigenvalue weighted by molar-refractivity contribution is 5.92. The number of nitrogens with zero attached hydrogens (tertiary/aromatic N) is 1. The van der Waals surface area contributed by atoms with Crippen LogP contribution in [0.1, 0.15) is 26.2 Å². The fourth-order valence-electron chi connectivity index (χ4n) is 3.41. The number of hydrogen-bond acceptors (Lipinski definition) is 10. The lowest BCUT2D eigenvalue weighted by atomic mass is 9.94. The fraction of sp³-hybridized carbons (Fsp3) is 0.750. The van der Waals surface area contributed by atoms with Gasteiger partial charge in [-0.15, -0.1) is 0 Å². The Hall–Kier alpha value is -3.05. The molecule has 1 fully saturated rings. The summed E-state index contributed by atoms with van der Waals surface area (Å²) in [5.41, 5.74) is 10.6. The molecule has 1 aliphatic heterocycles. The molecule has 0 bridgehead atoms. The molecule has 0 aromatic rings. The third-order valence-corrected chi connectivity index (χ3v) is 5.33. The number of ether oxygens (including phenoxy) is 1. The molecule has 0 saturated carbocycles. The van der Waals surface area contributed by atoms with E-state index in [1.54, 1.807) is 7.05 Å². The molecule has 1 aliphatic rings. The van der Waals surface area contributed by atoms with Gasteiger partial charge in [-0.3, -0.25) is 19.4 Å². The van der Waals surface area contributed by atoms with Crippen LogP contribution in [0.5, 0.6) is 0 Å². The first-order valence-corrected chi connectivity index (χ1v) is 11.4. The smallest absolute Gasteiger partial charge is 0.332 e. The van der Waals surface area contributed by atoms with Gasteiger partial charge in [-0.2, -0.15) is 0 Å². The van der Waals surface area contributed by atoms with Crippen LogP contribution in [0.4, 0.5) is 0 Å². The Labute approximate surface area is 207 Å². The van der Waals surface area contributed by atoms with Crippen molar-refractivity contribution < 1.29 is 44.3 Å². The van der Waals surface area contributed by atoms with Gasteiger partial charge in [-0.1, -0.05) is 0 Å². The van der Waals surface area contributed by atoms with Gasteiger partial charge in [-0.25, -0.2) is 4.79 Å². The predicted molar refractivity (Wildman–Crippen MR) is 125 cm³/mol. The van der Waals surface area contributed by atoms with E-state index in [0.717, 1.165) is 0 Å². The zero-order valence-electron chi connectivity index (χ0n) is 20.2. The van der Waals surface area contributed by atoms with Crippen LogP contribution in [-0.2, 0) is 23.9 Å². The maximum atomic E-state index is 12.8. The van der Waals surface area contributed by atoms with E-state index in [1.165, 1.54) is 6.92 Å². The molecule has 3 amide bonds. The second kappa shape index (κ2) is 15.1. The molecule has 0 unspecified atom stereocenters. The van der Waals surface area contributed by atoms with Crippen LogP contribution >= 0.6 is 0 Å². The standard InChI is InChI=1S/C20H37N7O9/c1-9(26-14(30)8-23-2)17(32)27-10(4-3-5-24-20(21)22)18(33)25-7-12(29)16-15(31)11(28)6-13(36-16)19(34)35/h9-13,15-16,23,28-29,31H,3-8H2,1-2H3,(H,25,33)(H,26,30)(H,27,32)(H,34,35)(H4,21,22,24)/t9-,10-,11+,12+,13-,15+,16+/m0/s1. The molecule has 0 radical (unpaired) electrons. The van der Waals surface area contributed by atoms with Crippen molar-refractivity contribution in [3.8, 4) is 0 Å². The number of carboxylic acid groups (broad SMARTS) is 1. The van der Waals surface area contributed by atoms with Gasteiger partial charge in [0.2, 0.25) is 17.7 Å². The summed E-state index contributed by atoms with van der Waals surface area (Å²) in [5, 5.41) is 49.5. The number of nitrogens with two attached hydrogens (primary N) is 2. The van der Waals surface area contributed by atoms with Gasteiger partial charge in [0, 0.05) is 19.5 Å². The third-order valence-electron chi connectivity index (χ3n) is 5.33. The minimum Gasteiger partial charge on any atom is -0.479 e. The molecular weight excluding hydrogens is 482 g/mol. The lowest BCUT2D eigenvalue weighted by Crippen LogP contribution is -2.58. The van der Waals surface area contributed by atoms with Gasteiger partial charge in [-0.05, 0) is 26.8 Å². The number of aliphatic imine (C=N–C) groups is 1. The van der Waals surface area contributed by atoms with Crippen LogP contribution in [0.2, 0.25) is 0 Å². The minimum absolute atomic E-state index is 0.00946. The Morgan fingerprint density at radius 1 is 1.14 bits per heavy atom. The first-order valence-electron chi connectivity index (χ1n) is 11.4. The highest BCUT2D eigenvalue weighted by Crippen LogP contribution is 2.23. The highest BCUT2D eigenvalue weighted by atomic mass is 16.5. The number of aliphatic hydroxyl groups excluding tert-OH is 3. The second-order valence-electron chi connectivity index (χ2n) is 8.36. The average Bonchev–Trinajstić information content (AvgIpc) is 2.80. The molecule has 1 rings (SSSR count). The van der Waals surface area contributed by atoms with Crippen molar-refractivity contribution in [2.45, 2.75) is 68.8 Å². The number of nitrogens with one attached hydrogen (secondary N) is 4.